The molecule has 106 valence electrons. The second kappa shape index (κ2) is 6.94. The van der Waals surface area contributed by atoms with Crippen LogP contribution in [0.25, 0.3) is 0 Å². The van der Waals surface area contributed by atoms with Crippen molar-refractivity contribution in [1.82, 2.24) is 0 Å². The van der Waals surface area contributed by atoms with E-state index >= 15 is 0 Å². The SMILES string of the molecule is CCCOc1ccc(C(C)Nc2ccc(F)cc2)cc1. The highest BCUT2D eigenvalue weighted by Crippen LogP contribution is 2.21. The minimum atomic E-state index is -0.222. The molecule has 0 saturated heterocycles. The van der Waals surface area contributed by atoms with Crippen molar-refractivity contribution in [2.45, 2.75) is 26.3 Å². The highest BCUT2D eigenvalue weighted by molar-refractivity contribution is 5.45. The quantitative estimate of drug-likeness (QED) is 0.817. The molecule has 1 atom stereocenters. The van der Waals surface area contributed by atoms with E-state index in [0.717, 1.165) is 30.0 Å². The first-order valence-corrected chi connectivity index (χ1v) is 6.94. The lowest BCUT2D eigenvalue weighted by Crippen LogP contribution is -2.06. The third-order valence-electron chi connectivity index (χ3n) is 3.08. The van der Waals surface area contributed by atoms with Gasteiger partial charge in [-0.1, -0.05) is 19.1 Å². The number of nitrogens with one attached hydrogen (secondary N) is 1. The van der Waals surface area contributed by atoms with Crippen LogP contribution in [0.1, 0.15) is 31.9 Å². The van der Waals surface area contributed by atoms with Crippen molar-refractivity contribution in [3.05, 3.63) is 59.9 Å². The average molecular weight is 273 g/mol. The van der Waals surface area contributed by atoms with E-state index in [1.54, 1.807) is 12.1 Å². The fourth-order valence-corrected chi connectivity index (χ4v) is 1.95. The Morgan fingerprint density at radius 1 is 1.05 bits per heavy atom. The maximum Gasteiger partial charge on any atom is 0.123 e. The molecule has 3 heteroatoms. The number of ether oxygens (including phenoxy) is 1. The number of benzene rings is 2. The Balaban J connectivity index is 1.98. The van der Waals surface area contributed by atoms with Gasteiger partial charge in [-0.2, -0.15) is 0 Å². The third kappa shape index (κ3) is 3.98. The van der Waals surface area contributed by atoms with Gasteiger partial charge in [-0.25, -0.2) is 4.39 Å². The van der Waals surface area contributed by atoms with Crippen LogP contribution in [0, 0.1) is 5.82 Å². The second-order valence-corrected chi connectivity index (χ2v) is 4.79. The van der Waals surface area contributed by atoms with Crippen molar-refractivity contribution in [2.75, 3.05) is 11.9 Å². The first kappa shape index (κ1) is 14.4. The Bertz CT molecular complexity index is 522. The maximum absolute atomic E-state index is 12.9. The molecular formula is C17H20FNO. The standard InChI is InChI=1S/C17H20FNO/c1-3-12-20-17-10-4-14(5-11-17)13(2)19-16-8-6-15(18)7-9-16/h4-11,13,19H,3,12H2,1-2H3. The molecule has 2 aromatic carbocycles. The Labute approximate surface area is 119 Å². The molecule has 1 unspecified atom stereocenters. The van der Waals surface area contributed by atoms with E-state index in [1.807, 2.05) is 24.3 Å². The molecule has 20 heavy (non-hydrogen) atoms. The van der Waals surface area contributed by atoms with Crippen LogP contribution in [0.2, 0.25) is 0 Å². The molecule has 0 aliphatic heterocycles. The summed E-state index contributed by atoms with van der Waals surface area (Å²) in [5, 5.41) is 3.34. The number of rotatable bonds is 6. The van der Waals surface area contributed by atoms with Crippen molar-refractivity contribution >= 4 is 5.69 Å². The molecule has 1 N–H and O–H groups in total. The minimum absolute atomic E-state index is 0.153. The Morgan fingerprint density at radius 2 is 1.70 bits per heavy atom. The summed E-state index contributed by atoms with van der Waals surface area (Å²) in [5.41, 5.74) is 2.07. The molecule has 0 spiro atoms. The van der Waals surface area contributed by atoms with Gasteiger partial charge in [0.2, 0.25) is 0 Å². The second-order valence-electron chi connectivity index (χ2n) is 4.79. The topological polar surface area (TPSA) is 21.3 Å². The van der Waals surface area contributed by atoms with Crippen LogP contribution in [0.5, 0.6) is 5.75 Å². The zero-order chi connectivity index (χ0) is 14.4. The smallest absolute Gasteiger partial charge is 0.123 e. The van der Waals surface area contributed by atoms with Gasteiger partial charge in [-0.05, 0) is 55.3 Å². The fourth-order valence-electron chi connectivity index (χ4n) is 1.95. The van der Waals surface area contributed by atoms with Crippen molar-refractivity contribution in [3.8, 4) is 5.75 Å². The van der Waals surface area contributed by atoms with Crippen LogP contribution in [0.3, 0.4) is 0 Å². The summed E-state index contributed by atoms with van der Waals surface area (Å²) in [6, 6.07) is 14.6. The zero-order valence-electron chi connectivity index (χ0n) is 11.9. The van der Waals surface area contributed by atoms with Crippen molar-refractivity contribution < 1.29 is 9.13 Å². The lowest BCUT2D eigenvalue weighted by molar-refractivity contribution is 0.317. The van der Waals surface area contributed by atoms with E-state index in [1.165, 1.54) is 12.1 Å². The molecule has 0 fully saturated rings. The summed E-state index contributed by atoms with van der Waals surface area (Å²) in [6.45, 7) is 4.90. The highest BCUT2D eigenvalue weighted by atomic mass is 19.1. The molecule has 2 rings (SSSR count). The van der Waals surface area contributed by atoms with E-state index in [-0.39, 0.29) is 11.9 Å². The van der Waals surface area contributed by atoms with Gasteiger partial charge in [0.05, 0.1) is 6.61 Å². The first-order valence-electron chi connectivity index (χ1n) is 6.94. The summed E-state index contributed by atoms with van der Waals surface area (Å²) >= 11 is 0. The predicted octanol–water partition coefficient (Wildman–Crippen LogP) is 4.79. The van der Waals surface area contributed by atoms with E-state index in [9.17, 15) is 4.39 Å². The maximum atomic E-state index is 12.9. The van der Waals surface area contributed by atoms with Crippen LogP contribution in [0.15, 0.2) is 48.5 Å². The van der Waals surface area contributed by atoms with Gasteiger partial charge in [0.15, 0.2) is 0 Å². The molecule has 0 heterocycles. The zero-order valence-corrected chi connectivity index (χ0v) is 11.9. The molecule has 0 aliphatic carbocycles. The van der Waals surface area contributed by atoms with E-state index in [4.69, 9.17) is 4.74 Å². The predicted molar refractivity (Wildman–Crippen MR) is 80.7 cm³/mol. The molecule has 0 saturated carbocycles. The molecule has 0 radical (unpaired) electrons. The van der Waals surface area contributed by atoms with Crippen molar-refractivity contribution in [3.63, 3.8) is 0 Å². The Morgan fingerprint density at radius 3 is 2.30 bits per heavy atom. The number of anilines is 1. The van der Waals surface area contributed by atoms with Gasteiger partial charge in [-0.3, -0.25) is 0 Å². The molecular weight excluding hydrogens is 253 g/mol. The number of hydrogen-bond acceptors (Lipinski definition) is 2. The number of halogens is 1. The van der Waals surface area contributed by atoms with E-state index in [0.29, 0.717) is 0 Å². The highest BCUT2D eigenvalue weighted by Gasteiger charge is 2.05. The van der Waals surface area contributed by atoms with Crippen LogP contribution in [-0.2, 0) is 0 Å². The van der Waals surface area contributed by atoms with Crippen LogP contribution in [0.4, 0.5) is 10.1 Å². The lowest BCUT2D eigenvalue weighted by Gasteiger charge is -2.16. The van der Waals surface area contributed by atoms with Gasteiger partial charge < -0.3 is 10.1 Å². The van der Waals surface area contributed by atoms with Crippen molar-refractivity contribution in [1.29, 1.82) is 0 Å². The van der Waals surface area contributed by atoms with Gasteiger partial charge in [0.25, 0.3) is 0 Å². The van der Waals surface area contributed by atoms with Crippen molar-refractivity contribution in [2.24, 2.45) is 0 Å². The Hall–Kier alpha value is -2.03. The van der Waals surface area contributed by atoms with E-state index in [2.05, 4.69) is 19.2 Å². The van der Waals surface area contributed by atoms with Crippen LogP contribution in [-0.4, -0.2) is 6.61 Å². The molecule has 2 nitrogen and oxygen atoms in total. The summed E-state index contributed by atoms with van der Waals surface area (Å²) in [5.74, 6) is 0.671. The summed E-state index contributed by atoms with van der Waals surface area (Å²) in [4.78, 5) is 0. The normalized spacial score (nSPS) is 11.9. The number of hydrogen-bond donors (Lipinski definition) is 1. The van der Waals surface area contributed by atoms with Gasteiger partial charge >= 0.3 is 0 Å². The van der Waals surface area contributed by atoms with Crippen LogP contribution < -0.4 is 10.1 Å². The van der Waals surface area contributed by atoms with Gasteiger partial charge in [0, 0.05) is 11.7 Å². The summed E-state index contributed by atoms with van der Waals surface area (Å²) in [7, 11) is 0. The molecule has 0 aliphatic rings. The molecule has 0 amide bonds. The largest absolute Gasteiger partial charge is 0.494 e. The fraction of sp³-hybridized carbons (Fsp3) is 0.294. The van der Waals surface area contributed by atoms with Gasteiger partial charge in [-0.15, -0.1) is 0 Å². The lowest BCUT2D eigenvalue weighted by atomic mass is 10.1. The van der Waals surface area contributed by atoms with E-state index < -0.39 is 0 Å². The summed E-state index contributed by atoms with van der Waals surface area (Å²) in [6.07, 6.45) is 1.00. The molecule has 0 bridgehead atoms. The monoisotopic (exact) mass is 273 g/mol. The molecule has 2 aromatic rings. The average Bonchev–Trinajstić information content (AvgIpc) is 2.48. The minimum Gasteiger partial charge on any atom is -0.494 e. The van der Waals surface area contributed by atoms with Crippen LogP contribution >= 0.6 is 0 Å². The molecule has 0 aromatic heterocycles. The Kier molecular flexibility index (Phi) is 4.99. The first-order chi connectivity index (χ1) is 9.69. The summed E-state index contributed by atoms with van der Waals surface area (Å²) < 4.78 is 18.4. The van der Waals surface area contributed by atoms with Gasteiger partial charge in [0.1, 0.15) is 11.6 Å². The third-order valence-corrected chi connectivity index (χ3v) is 3.08.